The van der Waals surface area contributed by atoms with E-state index in [2.05, 4.69) is 16.3 Å². The fraction of sp³-hybridized carbons (Fsp3) is 0.444. The maximum atomic E-state index is 13.1. The second-order valence-electron chi connectivity index (χ2n) is 6.23. The largest absolute Gasteiger partial charge is 0.493 e. The van der Waals surface area contributed by atoms with E-state index in [0.717, 1.165) is 19.6 Å². The van der Waals surface area contributed by atoms with Crippen LogP contribution in [0.15, 0.2) is 34.5 Å². The summed E-state index contributed by atoms with van der Waals surface area (Å²) in [5.41, 5.74) is 0.656. The number of sulfonamides is 1. The Balaban J connectivity index is 1.75. The van der Waals surface area contributed by atoms with E-state index in [4.69, 9.17) is 9.47 Å². The highest BCUT2D eigenvalue weighted by Crippen LogP contribution is 2.33. The van der Waals surface area contributed by atoms with E-state index in [1.165, 1.54) is 19.1 Å². The van der Waals surface area contributed by atoms with Crippen molar-refractivity contribution in [2.75, 3.05) is 40.4 Å². The Morgan fingerprint density at radius 1 is 1.08 bits per heavy atom. The predicted octanol–water partition coefficient (Wildman–Crippen LogP) is 2.58. The van der Waals surface area contributed by atoms with Gasteiger partial charge in [0.1, 0.15) is 0 Å². The van der Waals surface area contributed by atoms with Gasteiger partial charge in [-0.2, -0.15) is 4.31 Å². The lowest BCUT2D eigenvalue weighted by Gasteiger charge is -2.34. The van der Waals surface area contributed by atoms with Crippen molar-refractivity contribution >= 4 is 21.4 Å². The van der Waals surface area contributed by atoms with Crippen molar-refractivity contribution in [3.63, 3.8) is 0 Å². The standard InChI is InChI=1S/C18H24N2O4S2/c1-14-11-16(23-2)17(24-3)12-18(14)26(21,22)20-8-6-19(7-9-20)13-15-5-4-10-25-15/h4-5,10-12H,6-9,13H2,1-3H3. The molecule has 0 unspecified atom stereocenters. The number of ether oxygens (including phenoxy) is 2. The van der Waals surface area contributed by atoms with Crippen LogP contribution in [0.4, 0.5) is 0 Å². The fourth-order valence-corrected chi connectivity index (χ4v) is 5.52. The van der Waals surface area contributed by atoms with Crippen LogP contribution in [-0.2, 0) is 16.6 Å². The molecule has 8 heteroatoms. The summed E-state index contributed by atoms with van der Waals surface area (Å²) in [6.07, 6.45) is 0. The first kappa shape index (κ1) is 19.2. The van der Waals surface area contributed by atoms with E-state index in [1.807, 2.05) is 6.07 Å². The van der Waals surface area contributed by atoms with Crippen molar-refractivity contribution in [3.8, 4) is 11.5 Å². The van der Waals surface area contributed by atoms with Crippen molar-refractivity contribution in [2.45, 2.75) is 18.4 Å². The monoisotopic (exact) mass is 396 g/mol. The maximum Gasteiger partial charge on any atom is 0.243 e. The van der Waals surface area contributed by atoms with Crippen molar-refractivity contribution in [1.29, 1.82) is 0 Å². The Labute approximate surface area is 159 Å². The zero-order chi connectivity index (χ0) is 18.7. The van der Waals surface area contributed by atoms with Gasteiger partial charge in [0.05, 0.1) is 19.1 Å². The highest BCUT2D eigenvalue weighted by molar-refractivity contribution is 7.89. The number of piperazine rings is 1. The number of nitrogens with zero attached hydrogens (tertiary/aromatic N) is 2. The molecule has 1 aromatic heterocycles. The average Bonchev–Trinajstić information content (AvgIpc) is 3.14. The molecule has 1 aromatic carbocycles. The molecule has 3 rings (SSSR count). The molecule has 0 radical (unpaired) electrons. The molecule has 142 valence electrons. The van der Waals surface area contributed by atoms with Gasteiger partial charge in [0.15, 0.2) is 11.5 Å². The zero-order valence-corrected chi connectivity index (χ0v) is 16.9. The van der Waals surface area contributed by atoms with Gasteiger partial charge in [-0.15, -0.1) is 11.3 Å². The maximum absolute atomic E-state index is 13.1. The minimum absolute atomic E-state index is 0.279. The second kappa shape index (κ2) is 7.96. The molecule has 0 bridgehead atoms. The summed E-state index contributed by atoms with van der Waals surface area (Å²) in [6, 6.07) is 7.42. The average molecular weight is 397 g/mol. The molecular weight excluding hydrogens is 372 g/mol. The van der Waals surface area contributed by atoms with E-state index in [-0.39, 0.29) is 4.90 Å². The first-order valence-electron chi connectivity index (χ1n) is 8.43. The molecule has 1 saturated heterocycles. The van der Waals surface area contributed by atoms with E-state index >= 15 is 0 Å². The van der Waals surface area contributed by atoms with Crippen LogP contribution in [-0.4, -0.2) is 58.0 Å². The van der Waals surface area contributed by atoms with Gasteiger partial charge >= 0.3 is 0 Å². The number of methoxy groups -OCH3 is 2. The minimum Gasteiger partial charge on any atom is -0.493 e. The number of hydrogen-bond donors (Lipinski definition) is 0. The van der Waals surface area contributed by atoms with Gasteiger partial charge in [-0.25, -0.2) is 8.42 Å². The summed E-state index contributed by atoms with van der Waals surface area (Å²) in [5.74, 6) is 0.956. The van der Waals surface area contributed by atoms with Gasteiger partial charge in [0.2, 0.25) is 10.0 Å². The Bertz CT molecular complexity index is 842. The third-order valence-corrected chi connectivity index (χ3v) is 7.49. The fourth-order valence-electron chi connectivity index (χ4n) is 3.13. The molecule has 1 aliphatic heterocycles. The topological polar surface area (TPSA) is 59.1 Å². The molecule has 0 amide bonds. The molecule has 26 heavy (non-hydrogen) atoms. The molecule has 2 heterocycles. The summed E-state index contributed by atoms with van der Waals surface area (Å²) in [6.45, 7) is 5.08. The van der Waals surface area contributed by atoms with Crippen LogP contribution in [0.2, 0.25) is 0 Å². The molecule has 6 nitrogen and oxygen atoms in total. The predicted molar refractivity (Wildman–Crippen MR) is 103 cm³/mol. The first-order valence-corrected chi connectivity index (χ1v) is 10.7. The van der Waals surface area contributed by atoms with E-state index in [0.29, 0.717) is 30.2 Å². The molecule has 0 saturated carbocycles. The van der Waals surface area contributed by atoms with Crippen LogP contribution < -0.4 is 9.47 Å². The first-order chi connectivity index (χ1) is 12.5. The normalized spacial score (nSPS) is 16.6. The summed E-state index contributed by atoms with van der Waals surface area (Å²) in [4.78, 5) is 3.87. The number of benzene rings is 1. The molecule has 1 fully saturated rings. The summed E-state index contributed by atoms with van der Waals surface area (Å²) >= 11 is 1.73. The van der Waals surface area contributed by atoms with Gasteiger partial charge < -0.3 is 9.47 Å². The quantitative estimate of drug-likeness (QED) is 0.751. The van der Waals surface area contributed by atoms with Gasteiger partial charge in [-0.05, 0) is 30.0 Å². The number of hydrogen-bond acceptors (Lipinski definition) is 6. The van der Waals surface area contributed by atoms with Crippen molar-refractivity contribution < 1.29 is 17.9 Å². The van der Waals surface area contributed by atoms with Crippen LogP contribution in [0, 0.1) is 6.92 Å². The summed E-state index contributed by atoms with van der Waals surface area (Å²) < 4.78 is 38.3. The lowest BCUT2D eigenvalue weighted by Crippen LogP contribution is -2.48. The lowest BCUT2D eigenvalue weighted by atomic mass is 10.2. The lowest BCUT2D eigenvalue weighted by molar-refractivity contribution is 0.183. The molecule has 2 aromatic rings. The van der Waals surface area contributed by atoms with Crippen LogP contribution in [0.3, 0.4) is 0 Å². The summed E-state index contributed by atoms with van der Waals surface area (Å²) in [5, 5.41) is 2.07. The molecule has 0 N–H and O–H groups in total. The third-order valence-electron chi connectivity index (χ3n) is 4.59. The highest BCUT2D eigenvalue weighted by atomic mass is 32.2. The molecule has 0 aliphatic carbocycles. The Hall–Kier alpha value is -1.61. The Morgan fingerprint density at radius 2 is 1.73 bits per heavy atom. The van der Waals surface area contributed by atoms with Gasteiger partial charge in [0, 0.05) is 43.7 Å². The Kier molecular flexibility index (Phi) is 5.86. The van der Waals surface area contributed by atoms with Crippen molar-refractivity contribution in [2.24, 2.45) is 0 Å². The van der Waals surface area contributed by atoms with Crippen LogP contribution in [0.5, 0.6) is 11.5 Å². The number of thiophene rings is 1. The molecule has 0 spiro atoms. The van der Waals surface area contributed by atoms with Gasteiger partial charge in [-0.1, -0.05) is 6.07 Å². The van der Waals surface area contributed by atoms with Crippen LogP contribution in [0.1, 0.15) is 10.4 Å². The minimum atomic E-state index is -3.56. The number of aryl methyl sites for hydroxylation is 1. The second-order valence-corrected chi connectivity index (χ2v) is 9.17. The molecular formula is C18H24N2O4S2. The zero-order valence-electron chi connectivity index (χ0n) is 15.3. The van der Waals surface area contributed by atoms with Crippen LogP contribution in [0.25, 0.3) is 0 Å². The SMILES string of the molecule is COc1cc(C)c(S(=O)(=O)N2CCN(Cc3cccs3)CC2)cc1OC. The van der Waals surface area contributed by atoms with Gasteiger partial charge in [-0.3, -0.25) is 4.90 Å². The highest BCUT2D eigenvalue weighted by Gasteiger charge is 2.30. The molecule has 0 atom stereocenters. The Morgan fingerprint density at radius 3 is 2.31 bits per heavy atom. The van der Waals surface area contributed by atoms with Crippen LogP contribution >= 0.6 is 11.3 Å². The number of rotatable bonds is 6. The van der Waals surface area contributed by atoms with E-state index < -0.39 is 10.0 Å². The third kappa shape index (κ3) is 3.88. The van der Waals surface area contributed by atoms with Crippen molar-refractivity contribution in [1.82, 2.24) is 9.21 Å². The molecule has 1 aliphatic rings. The smallest absolute Gasteiger partial charge is 0.243 e. The van der Waals surface area contributed by atoms with Gasteiger partial charge in [0.25, 0.3) is 0 Å². The summed E-state index contributed by atoms with van der Waals surface area (Å²) in [7, 11) is -0.515. The van der Waals surface area contributed by atoms with Crippen molar-refractivity contribution in [3.05, 3.63) is 40.1 Å². The van der Waals surface area contributed by atoms with E-state index in [1.54, 1.807) is 34.7 Å². The van der Waals surface area contributed by atoms with E-state index in [9.17, 15) is 8.42 Å².